The highest BCUT2D eigenvalue weighted by atomic mass is 32.2. The van der Waals surface area contributed by atoms with Gasteiger partial charge in [-0.1, -0.05) is 48.9 Å². The largest absolute Gasteiger partial charge is 0.489 e. The van der Waals surface area contributed by atoms with Crippen LogP contribution in [0, 0.1) is 0 Å². The Kier molecular flexibility index (Phi) is 6.20. The van der Waals surface area contributed by atoms with Gasteiger partial charge < -0.3 is 4.74 Å². The van der Waals surface area contributed by atoms with E-state index < -0.39 is 15.3 Å². The number of benzene rings is 2. The van der Waals surface area contributed by atoms with Crippen LogP contribution in [-0.2, 0) is 21.5 Å². The molecule has 4 rings (SSSR count). The van der Waals surface area contributed by atoms with Crippen molar-refractivity contribution in [2.75, 3.05) is 26.7 Å². The molecule has 0 amide bonds. The highest BCUT2D eigenvalue weighted by Crippen LogP contribution is 2.36. The lowest BCUT2D eigenvalue weighted by molar-refractivity contribution is -0.110. The van der Waals surface area contributed by atoms with Crippen LogP contribution in [0.4, 0.5) is 0 Å². The summed E-state index contributed by atoms with van der Waals surface area (Å²) in [6.45, 7) is 1.91. The van der Waals surface area contributed by atoms with Crippen LogP contribution in [0.2, 0.25) is 0 Å². The lowest BCUT2D eigenvalue weighted by Gasteiger charge is -2.31. The van der Waals surface area contributed by atoms with Crippen LogP contribution < -0.4 is 4.74 Å². The summed E-state index contributed by atoms with van der Waals surface area (Å²) in [6.07, 6.45) is 2.96. The fourth-order valence-corrected chi connectivity index (χ4v) is 6.12. The quantitative estimate of drug-likeness (QED) is 0.723. The Morgan fingerprint density at radius 3 is 2.38 bits per heavy atom. The Morgan fingerprint density at radius 1 is 1.00 bits per heavy atom. The molecule has 29 heavy (non-hydrogen) atoms. The Labute approximate surface area is 173 Å². The van der Waals surface area contributed by atoms with E-state index in [1.54, 1.807) is 16.4 Å². The van der Waals surface area contributed by atoms with Crippen LogP contribution in [0.1, 0.15) is 36.4 Å². The monoisotopic (exact) mass is 416 g/mol. The van der Waals surface area contributed by atoms with Gasteiger partial charge in [0.15, 0.2) is 0 Å². The number of ether oxygens (including phenoxy) is 1. The van der Waals surface area contributed by atoms with Crippen molar-refractivity contribution in [1.82, 2.24) is 9.37 Å². The minimum atomic E-state index is -3.41. The van der Waals surface area contributed by atoms with E-state index in [4.69, 9.17) is 9.57 Å². The molecule has 6 nitrogen and oxygen atoms in total. The lowest BCUT2D eigenvalue weighted by atomic mass is 10.0. The van der Waals surface area contributed by atoms with Gasteiger partial charge in [-0.25, -0.2) is 12.7 Å². The van der Waals surface area contributed by atoms with Gasteiger partial charge in [0.2, 0.25) is 10.0 Å². The molecule has 0 N–H and O–H groups in total. The highest BCUT2D eigenvalue weighted by Gasteiger charge is 2.45. The molecule has 2 fully saturated rings. The Bertz CT molecular complexity index is 896. The third-order valence-electron chi connectivity index (χ3n) is 5.71. The molecule has 2 aliphatic heterocycles. The van der Waals surface area contributed by atoms with E-state index in [0.717, 1.165) is 36.1 Å². The van der Waals surface area contributed by atoms with Gasteiger partial charge >= 0.3 is 0 Å². The zero-order valence-electron chi connectivity index (χ0n) is 16.7. The van der Waals surface area contributed by atoms with Crippen molar-refractivity contribution in [2.45, 2.75) is 37.2 Å². The van der Waals surface area contributed by atoms with E-state index in [9.17, 15) is 8.42 Å². The number of hydrogen-bond acceptors (Lipinski definition) is 5. The topological polar surface area (TPSA) is 59.1 Å². The molecule has 0 bridgehead atoms. The molecule has 2 aliphatic rings. The molecular weight excluding hydrogens is 388 g/mol. The normalized spacial score (nSPS) is 23.9. The first-order valence-corrected chi connectivity index (χ1v) is 11.7. The third-order valence-corrected chi connectivity index (χ3v) is 7.96. The van der Waals surface area contributed by atoms with E-state index in [-0.39, 0.29) is 12.6 Å². The molecule has 2 heterocycles. The zero-order chi connectivity index (χ0) is 20.3. The minimum Gasteiger partial charge on any atom is -0.489 e. The average molecular weight is 417 g/mol. The maximum absolute atomic E-state index is 13.2. The smallest absolute Gasteiger partial charge is 0.221 e. The third kappa shape index (κ3) is 4.48. The first-order valence-electron chi connectivity index (χ1n) is 10.2. The van der Waals surface area contributed by atoms with E-state index in [1.165, 1.54) is 0 Å². The number of sulfonamides is 1. The first-order chi connectivity index (χ1) is 14.1. The maximum Gasteiger partial charge on any atom is 0.221 e. The number of hydroxylamine groups is 2. The van der Waals surface area contributed by atoms with Crippen LogP contribution in [0.3, 0.4) is 0 Å². The molecule has 2 atom stereocenters. The summed E-state index contributed by atoms with van der Waals surface area (Å²) < 4.78 is 34.0. The summed E-state index contributed by atoms with van der Waals surface area (Å²) in [5.41, 5.74) is 2.02. The summed E-state index contributed by atoms with van der Waals surface area (Å²) in [4.78, 5) is 5.64. The predicted molar refractivity (Wildman–Crippen MR) is 112 cm³/mol. The summed E-state index contributed by atoms with van der Waals surface area (Å²) in [5.74, 6) is 0.759. The van der Waals surface area contributed by atoms with Gasteiger partial charge in [-0.05, 0) is 36.1 Å². The van der Waals surface area contributed by atoms with Gasteiger partial charge in [0.25, 0.3) is 0 Å². The van der Waals surface area contributed by atoms with E-state index in [2.05, 4.69) is 0 Å². The van der Waals surface area contributed by atoms with Gasteiger partial charge in [0, 0.05) is 20.1 Å². The number of hydrogen-bond donors (Lipinski definition) is 0. The average Bonchev–Trinajstić information content (AvgIpc) is 3.16. The molecule has 156 valence electrons. The van der Waals surface area contributed by atoms with Crippen molar-refractivity contribution >= 4 is 10.0 Å². The fourth-order valence-electron chi connectivity index (χ4n) is 4.08. The van der Waals surface area contributed by atoms with Gasteiger partial charge in [0.05, 0.1) is 12.6 Å². The zero-order valence-corrected chi connectivity index (χ0v) is 17.6. The molecule has 0 aliphatic carbocycles. The molecule has 0 saturated carbocycles. The lowest BCUT2D eigenvalue weighted by Crippen LogP contribution is -2.44. The molecule has 7 heteroatoms. The maximum atomic E-state index is 13.2. The molecule has 0 spiro atoms. The standard InChI is InChI=1S/C22H28N2O4S/c1-23-22(21(17-28-23)29(25,26)24-14-6-3-7-15-24)19-10-12-20(13-11-19)27-16-18-8-4-2-5-9-18/h2,4-5,8-13,21-22H,3,6-7,14-17H2,1H3/t21-,22+/m1/s1. The number of nitrogens with zero attached hydrogens (tertiary/aromatic N) is 2. The van der Waals surface area contributed by atoms with Gasteiger partial charge in [-0.3, -0.25) is 4.84 Å². The van der Waals surface area contributed by atoms with Crippen LogP contribution >= 0.6 is 0 Å². The van der Waals surface area contributed by atoms with Crippen LogP contribution in [-0.4, -0.2) is 49.8 Å². The summed E-state index contributed by atoms with van der Waals surface area (Å²) in [5, 5.41) is 1.08. The molecule has 2 aromatic rings. The van der Waals surface area contributed by atoms with E-state index >= 15 is 0 Å². The van der Waals surface area contributed by atoms with E-state index in [0.29, 0.717) is 19.7 Å². The van der Waals surface area contributed by atoms with Crippen LogP contribution in [0.5, 0.6) is 5.75 Å². The van der Waals surface area contributed by atoms with Crippen molar-refractivity contribution in [1.29, 1.82) is 0 Å². The van der Waals surface area contributed by atoms with Gasteiger partial charge in [-0.2, -0.15) is 5.06 Å². The molecule has 0 radical (unpaired) electrons. The molecule has 0 aromatic heterocycles. The molecular formula is C22H28N2O4S. The van der Waals surface area contributed by atoms with Gasteiger partial charge in [-0.15, -0.1) is 0 Å². The minimum absolute atomic E-state index is 0.187. The second-order valence-electron chi connectivity index (χ2n) is 7.67. The van der Waals surface area contributed by atoms with Crippen LogP contribution in [0.15, 0.2) is 54.6 Å². The van der Waals surface area contributed by atoms with Crippen molar-refractivity contribution in [3.8, 4) is 5.75 Å². The molecule has 0 unspecified atom stereocenters. The van der Waals surface area contributed by atoms with E-state index in [1.807, 2.05) is 54.6 Å². The summed E-state index contributed by atoms with van der Waals surface area (Å²) in [7, 11) is -1.61. The predicted octanol–water partition coefficient (Wildman–Crippen LogP) is 3.37. The fraction of sp³-hybridized carbons (Fsp3) is 0.455. The SMILES string of the molecule is CN1OC[C@@H](S(=O)(=O)N2CCCCC2)[C@@H]1c1ccc(OCc2ccccc2)cc1. The van der Waals surface area contributed by atoms with Crippen molar-refractivity contribution < 1.29 is 18.0 Å². The number of piperidine rings is 1. The van der Waals surface area contributed by atoms with Crippen molar-refractivity contribution in [3.63, 3.8) is 0 Å². The highest BCUT2D eigenvalue weighted by molar-refractivity contribution is 7.89. The summed E-state index contributed by atoms with van der Waals surface area (Å²) >= 11 is 0. The molecule has 2 aromatic carbocycles. The van der Waals surface area contributed by atoms with Crippen molar-refractivity contribution in [2.24, 2.45) is 0 Å². The second kappa shape index (κ2) is 8.83. The first kappa shape index (κ1) is 20.3. The Balaban J connectivity index is 1.48. The second-order valence-corrected chi connectivity index (χ2v) is 9.83. The summed E-state index contributed by atoms with van der Waals surface area (Å²) in [6, 6.07) is 17.3. The van der Waals surface area contributed by atoms with Crippen molar-refractivity contribution in [3.05, 3.63) is 65.7 Å². The molecule has 2 saturated heterocycles. The van der Waals surface area contributed by atoms with Crippen LogP contribution in [0.25, 0.3) is 0 Å². The Morgan fingerprint density at radius 2 is 1.69 bits per heavy atom. The Hall–Kier alpha value is -1.93. The number of rotatable bonds is 6. The van der Waals surface area contributed by atoms with Gasteiger partial charge in [0.1, 0.15) is 17.6 Å².